The Hall–Kier alpha value is -1.53. The third-order valence-electron chi connectivity index (χ3n) is 2.81. The Kier molecular flexibility index (Phi) is 4.81. The molecular formula is C13H19FN2O3. The molecule has 1 aliphatic rings. The number of nitrogens with one attached hydrogen (secondary N) is 1. The van der Waals surface area contributed by atoms with Crippen LogP contribution in [0.3, 0.4) is 0 Å². The highest BCUT2D eigenvalue weighted by Gasteiger charge is 2.15. The van der Waals surface area contributed by atoms with Gasteiger partial charge in [-0.1, -0.05) is 0 Å². The van der Waals surface area contributed by atoms with E-state index in [1.807, 2.05) is 0 Å². The molecule has 0 aromatic heterocycles. The number of hydrogen-bond donors (Lipinski definition) is 2. The monoisotopic (exact) mass is 270 g/mol. The third-order valence-corrected chi connectivity index (χ3v) is 2.81. The van der Waals surface area contributed by atoms with Gasteiger partial charge in [0.15, 0.2) is 11.6 Å². The van der Waals surface area contributed by atoms with Crippen molar-refractivity contribution >= 4 is 11.4 Å². The van der Waals surface area contributed by atoms with Gasteiger partial charge in [-0.2, -0.15) is 0 Å². The molecule has 1 heterocycles. The van der Waals surface area contributed by atoms with Gasteiger partial charge in [0.25, 0.3) is 0 Å². The first kappa shape index (κ1) is 13.9. The number of rotatable bonds is 5. The fraction of sp³-hybridized carbons (Fsp3) is 0.538. The van der Waals surface area contributed by atoms with Gasteiger partial charge in [0, 0.05) is 18.7 Å². The Morgan fingerprint density at radius 3 is 3.00 bits per heavy atom. The van der Waals surface area contributed by atoms with Crippen molar-refractivity contribution in [3.05, 3.63) is 17.9 Å². The maximum atomic E-state index is 13.5. The third kappa shape index (κ3) is 3.71. The molecule has 1 aliphatic heterocycles. The summed E-state index contributed by atoms with van der Waals surface area (Å²) in [5, 5.41) is 3.13. The van der Waals surface area contributed by atoms with Crippen LogP contribution in [0.5, 0.6) is 5.75 Å². The lowest BCUT2D eigenvalue weighted by Crippen LogP contribution is -2.34. The van der Waals surface area contributed by atoms with E-state index in [1.165, 1.54) is 6.07 Å². The van der Waals surface area contributed by atoms with E-state index >= 15 is 0 Å². The lowest BCUT2D eigenvalue weighted by atomic mass is 10.2. The van der Waals surface area contributed by atoms with Gasteiger partial charge in [-0.25, -0.2) is 4.39 Å². The van der Waals surface area contributed by atoms with E-state index < -0.39 is 5.82 Å². The van der Waals surface area contributed by atoms with Crippen LogP contribution < -0.4 is 15.8 Å². The second-order valence-corrected chi connectivity index (χ2v) is 4.25. The fourth-order valence-corrected chi connectivity index (χ4v) is 1.87. The molecule has 0 radical (unpaired) electrons. The zero-order valence-corrected chi connectivity index (χ0v) is 10.9. The molecule has 0 aliphatic carbocycles. The lowest BCUT2D eigenvalue weighted by molar-refractivity contribution is -0.0818. The molecule has 0 bridgehead atoms. The van der Waals surface area contributed by atoms with Crippen molar-refractivity contribution < 1.29 is 18.6 Å². The van der Waals surface area contributed by atoms with Gasteiger partial charge in [0.1, 0.15) is 0 Å². The van der Waals surface area contributed by atoms with E-state index in [1.54, 1.807) is 13.0 Å². The molecule has 0 saturated carbocycles. The fourth-order valence-electron chi connectivity index (χ4n) is 1.87. The van der Waals surface area contributed by atoms with E-state index in [2.05, 4.69) is 5.32 Å². The first-order valence-corrected chi connectivity index (χ1v) is 6.35. The van der Waals surface area contributed by atoms with Crippen LogP contribution in [-0.4, -0.2) is 39.1 Å². The van der Waals surface area contributed by atoms with Crippen molar-refractivity contribution in [2.75, 3.05) is 44.0 Å². The number of nitrogens with two attached hydrogens (primary N) is 1. The molecule has 1 aromatic carbocycles. The lowest BCUT2D eigenvalue weighted by Gasteiger charge is -2.24. The number of nitrogen functional groups attached to an aromatic ring is 1. The Balaban J connectivity index is 2.00. The predicted molar refractivity (Wildman–Crippen MR) is 71.0 cm³/mol. The quantitative estimate of drug-likeness (QED) is 0.796. The van der Waals surface area contributed by atoms with Crippen LogP contribution >= 0.6 is 0 Å². The van der Waals surface area contributed by atoms with E-state index in [0.29, 0.717) is 44.3 Å². The molecule has 6 heteroatoms. The summed E-state index contributed by atoms with van der Waals surface area (Å²) >= 11 is 0. The normalized spacial score (nSPS) is 19.2. The van der Waals surface area contributed by atoms with E-state index in [0.717, 1.165) is 0 Å². The highest BCUT2D eigenvalue weighted by atomic mass is 19.1. The summed E-state index contributed by atoms with van der Waals surface area (Å²) in [6, 6.07) is 2.82. The maximum Gasteiger partial charge on any atom is 0.167 e. The molecule has 1 unspecified atom stereocenters. The molecule has 0 spiro atoms. The molecule has 0 amide bonds. The predicted octanol–water partition coefficient (Wildman–Crippen LogP) is 1.63. The van der Waals surface area contributed by atoms with E-state index in [9.17, 15) is 4.39 Å². The summed E-state index contributed by atoms with van der Waals surface area (Å²) in [5.74, 6) is -0.262. The van der Waals surface area contributed by atoms with Crippen molar-refractivity contribution in [3.8, 4) is 5.75 Å². The van der Waals surface area contributed by atoms with Gasteiger partial charge in [-0.05, 0) is 6.92 Å². The van der Waals surface area contributed by atoms with Crippen LogP contribution in [0.15, 0.2) is 12.1 Å². The zero-order valence-electron chi connectivity index (χ0n) is 10.9. The first-order chi connectivity index (χ1) is 9.20. The van der Waals surface area contributed by atoms with Gasteiger partial charge in [0.2, 0.25) is 0 Å². The van der Waals surface area contributed by atoms with Crippen molar-refractivity contribution in [1.82, 2.24) is 0 Å². The molecular weight excluding hydrogens is 251 g/mol. The van der Waals surface area contributed by atoms with Gasteiger partial charge in [0.05, 0.1) is 43.9 Å². The van der Waals surface area contributed by atoms with Gasteiger partial charge in [-0.15, -0.1) is 0 Å². The minimum absolute atomic E-state index is 0.0197. The first-order valence-electron chi connectivity index (χ1n) is 6.35. The van der Waals surface area contributed by atoms with E-state index in [4.69, 9.17) is 19.9 Å². The molecule has 19 heavy (non-hydrogen) atoms. The topological polar surface area (TPSA) is 65.7 Å². The van der Waals surface area contributed by atoms with Crippen LogP contribution in [0.1, 0.15) is 6.92 Å². The number of ether oxygens (including phenoxy) is 3. The summed E-state index contributed by atoms with van der Waals surface area (Å²) in [4.78, 5) is 0. The summed E-state index contributed by atoms with van der Waals surface area (Å²) in [6.45, 7) is 4.53. The summed E-state index contributed by atoms with van der Waals surface area (Å²) < 4.78 is 29.5. The van der Waals surface area contributed by atoms with Gasteiger partial charge in [-0.3, -0.25) is 0 Å². The molecule has 5 nitrogen and oxygen atoms in total. The van der Waals surface area contributed by atoms with Gasteiger partial charge >= 0.3 is 0 Å². The highest BCUT2D eigenvalue weighted by Crippen LogP contribution is 2.28. The summed E-state index contributed by atoms with van der Waals surface area (Å²) in [6.07, 6.45) is -0.0197. The van der Waals surface area contributed by atoms with E-state index in [-0.39, 0.29) is 11.9 Å². The molecule has 1 fully saturated rings. The molecule has 1 aromatic rings. The average Bonchev–Trinajstić information content (AvgIpc) is 2.42. The second kappa shape index (κ2) is 6.58. The summed E-state index contributed by atoms with van der Waals surface area (Å²) in [7, 11) is 0. The zero-order chi connectivity index (χ0) is 13.7. The average molecular weight is 270 g/mol. The van der Waals surface area contributed by atoms with Crippen molar-refractivity contribution in [1.29, 1.82) is 0 Å². The minimum atomic E-state index is -0.456. The Labute approximate surface area is 111 Å². The molecule has 3 N–H and O–H groups in total. The largest absolute Gasteiger partial charge is 0.491 e. The van der Waals surface area contributed by atoms with Crippen molar-refractivity contribution in [2.24, 2.45) is 0 Å². The van der Waals surface area contributed by atoms with Crippen LogP contribution in [0.4, 0.5) is 15.8 Å². The minimum Gasteiger partial charge on any atom is -0.491 e. The van der Waals surface area contributed by atoms with Crippen LogP contribution in [0.2, 0.25) is 0 Å². The Bertz CT molecular complexity index is 423. The van der Waals surface area contributed by atoms with Crippen LogP contribution in [-0.2, 0) is 9.47 Å². The number of benzene rings is 1. The number of hydrogen-bond acceptors (Lipinski definition) is 5. The standard InChI is InChI=1S/C13H19FN2O3/c1-2-18-13-6-12(11(15)5-10(13)14)16-7-9-8-17-3-4-19-9/h5-6,9,16H,2-4,7-8,15H2,1H3. The van der Waals surface area contributed by atoms with Gasteiger partial charge < -0.3 is 25.3 Å². The van der Waals surface area contributed by atoms with Crippen LogP contribution in [0.25, 0.3) is 0 Å². The number of anilines is 2. The Morgan fingerprint density at radius 1 is 1.47 bits per heavy atom. The Morgan fingerprint density at radius 2 is 2.32 bits per heavy atom. The maximum absolute atomic E-state index is 13.5. The molecule has 1 saturated heterocycles. The smallest absolute Gasteiger partial charge is 0.167 e. The van der Waals surface area contributed by atoms with Crippen molar-refractivity contribution in [2.45, 2.75) is 13.0 Å². The summed E-state index contributed by atoms with van der Waals surface area (Å²) in [5.41, 5.74) is 6.75. The molecule has 106 valence electrons. The van der Waals surface area contributed by atoms with Crippen molar-refractivity contribution in [3.63, 3.8) is 0 Å². The van der Waals surface area contributed by atoms with Crippen LogP contribution in [0, 0.1) is 5.82 Å². The second-order valence-electron chi connectivity index (χ2n) is 4.25. The molecule has 2 rings (SSSR count). The highest BCUT2D eigenvalue weighted by molar-refractivity contribution is 5.68. The molecule has 1 atom stereocenters. The SMILES string of the molecule is CCOc1cc(NCC2COCCO2)c(N)cc1F. The number of halogens is 1.